The van der Waals surface area contributed by atoms with Crippen molar-refractivity contribution in [2.24, 2.45) is 5.41 Å². The van der Waals surface area contributed by atoms with Crippen LogP contribution in [0.1, 0.15) is 26.6 Å². The summed E-state index contributed by atoms with van der Waals surface area (Å²) in [6.07, 6.45) is 2.20. The maximum atomic E-state index is 11.3. The summed E-state index contributed by atoms with van der Waals surface area (Å²) in [6.45, 7) is 6.28. The molecule has 1 N–H and O–H groups in total. The third kappa shape index (κ3) is 2.87. The number of hydrogen-bond acceptors (Lipinski definition) is 3. The monoisotopic (exact) mass is 196 g/mol. The van der Waals surface area contributed by atoms with E-state index in [2.05, 4.69) is 30.7 Å². The zero-order chi connectivity index (χ0) is 10.8. The van der Waals surface area contributed by atoms with Crippen LogP contribution in [-0.4, -0.2) is 17.1 Å². The van der Waals surface area contributed by atoms with Crippen molar-refractivity contribution in [1.29, 1.82) is 0 Å². The van der Waals surface area contributed by atoms with Gasteiger partial charge in [0.25, 0.3) is 5.56 Å². The van der Waals surface area contributed by atoms with Crippen molar-refractivity contribution in [2.45, 2.75) is 27.2 Å². The lowest BCUT2D eigenvalue weighted by molar-refractivity contribution is 0.389. The Bertz CT molecular complexity index is 363. The lowest BCUT2D eigenvalue weighted by Gasteiger charge is -2.16. The van der Waals surface area contributed by atoms with Gasteiger partial charge in [-0.25, -0.2) is 4.98 Å². The molecule has 78 valence electrons. The minimum absolute atomic E-state index is 0.116. The van der Waals surface area contributed by atoms with Gasteiger partial charge in [0, 0.05) is 6.42 Å². The highest BCUT2D eigenvalue weighted by Crippen LogP contribution is 2.17. The Labute approximate surface area is 83.3 Å². The molecule has 0 amide bonds. The summed E-state index contributed by atoms with van der Waals surface area (Å²) in [5.74, 6) is 0.950. The number of nitrogens with one attached hydrogen (secondary N) is 1. The molecule has 4 heteroatoms. The number of rotatable bonds is 2. The Hall–Kier alpha value is -1.32. The maximum absolute atomic E-state index is 11.3. The van der Waals surface area contributed by atoms with E-state index in [1.54, 1.807) is 0 Å². The maximum Gasteiger partial charge on any atom is 0.293 e. The molecular formula is C10H16N2O2. The molecule has 0 spiro atoms. The van der Waals surface area contributed by atoms with Gasteiger partial charge < -0.3 is 9.72 Å². The molecule has 0 aliphatic rings. The molecule has 0 radical (unpaired) electrons. The Balaban J connectivity index is 2.93. The number of H-pyrrole nitrogens is 1. The molecule has 0 saturated carbocycles. The largest absolute Gasteiger partial charge is 0.490 e. The first kappa shape index (κ1) is 10.8. The van der Waals surface area contributed by atoms with Crippen molar-refractivity contribution in [3.8, 4) is 5.75 Å². The molecule has 0 aliphatic heterocycles. The summed E-state index contributed by atoms with van der Waals surface area (Å²) in [6, 6.07) is 0. The summed E-state index contributed by atoms with van der Waals surface area (Å²) in [5.41, 5.74) is -0.105. The zero-order valence-electron chi connectivity index (χ0n) is 9.05. The van der Waals surface area contributed by atoms with Gasteiger partial charge in [-0.2, -0.15) is 0 Å². The molecule has 14 heavy (non-hydrogen) atoms. The Morgan fingerprint density at radius 2 is 2.14 bits per heavy atom. The summed E-state index contributed by atoms with van der Waals surface area (Å²) in [7, 11) is 1.45. The normalized spacial score (nSPS) is 11.4. The second-order valence-electron chi connectivity index (χ2n) is 4.46. The highest BCUT2D eigenvalue weighted by atomic mass is 16.5. The van der Waals surface area contributed by atoms with E-state index in [0.29, 0.717) is 5.82 Å². The first-order valence-electron chi connectivity index (χ1n) is 4.54. The number of nitrogens with zero attached hydrogens (tertiary/aromatic N) is 1. The average Bonchev–Trinajstić information content (AvgIpc) is 2.01. The number of aromatic amines is 1. The molecule has 0 atom stereocenters. The zero-order valence-corrected chi connectivity index (χ0v) is 9.05. The summed E-state index contributed by atoms with van der Waals surface area (Å²) in [5, 5.41) is 0. The van der Waals surface area contributed by atoms with E-state index in [1.165, 1.54) is 13.3 Å². The van der Waals surface area contributed by atoms with Gasteiger partial charge in [0.05, 0.1) is 13.3 Å². The third-order valence-electron chi connectivity index (χ3n) is 1.74. The molecule has 1 aromatic rings. The molecular weight excluding hydrogens is 180 g/mol. The lowest BCUT2D eigenvalue weighted by Crippen LogP contribution is -2.18. The Morgan fingerprint density at radius 3 is 2.57 bits per heavy atom. The van der Waals surface area contributed by atoms with Gasteiger partial charge >= 0.3 is 0 Å². The first-order valence-corrected chi connectivity index (χ1v) is 4.54. The van der Waals surface area contributed by atoms with E-state index in [1.807, 2.05) is 0 Å². The van der Waals surface area contributed by atoms with Crippen LogP contribution in [0.4, 0.5) is 0 Å². The molecule has 4 nitrogen and oxygen atoms in total. The van der Waals surface area contributed by atoms with Crippen LogP contribution in [-0.2, 0) is 6.42 Å². The molecule has 1 heterocycles. The van der Waals surface area contributed by atoms with Gasteiger partial charge in [-0.15, -0.1) is 0 Å². The molecule has 0 aromatic carbocycles. The predicted octanol–water partition coefficient (Wildman–Crippen LogP) is 1.37. The van der Waals surface area contributed by atoms with Crippen LogP contribution in [0.15, 0.2) is 11.0 Å². The van der Waals surface area contributed by atoms with Crippen LogP contribution in [0.2, 0.25) is 0 Å². The van der Waals surface area contributed by atoms with E-state index >= 15 is 0 Å². The standard InChI is InChI=1S/C10H16N2O2/c1-10(2,3)5-8-11-6-7(14-4)9(13)12-8/h6H,5H2,1-4H3,(H,11,12,13). The summed E-state index contributed by atoms with van der Waals surface area (Å²) in [4.78, 5) is 18.1. The molecule has 1 aromatic heterocycles. The van der Waals surface area contributed by atoms with Crippen molar-refractivity contribution < 1.29 is 4.74 Å². The second kappa shape index (κ2) is 3.82. The fourth-order valence-corrected chi connectivity index (χ4v) is 1.16. The van der Waals surface area contributed by atoms with Crippen LogP contribution < -0.4 is 10.3 Å². The SMILES string of the molecule is COc1cnc(CC(C)(C)C)[nH]c1=O. The van der Waals surface area contributed by atoms with Crippen LogP contribution >= 0.6 is 0 Å². The lowest BCUT2D eigenvalue weighted by atomic mass is 9.92. The van der Waals surface area contributed by atoms with E-state index in [0.717, 1.165) is 6.42 Å². The number of ether oxygens (including phenoxy) is 1. The first-order chi connectivity index (χ1) is 6.42. The second-order valence-corrected chi connectivity index (χ2v) is 4.46. The quantitative estimate of drug-likeness (QED) is 0.777. The predicted molar refractivity (Wildman–Crippen MR) is 54.6 cm³/mol. The number of hydrogen-bond donors (Lipinski definition) is 1. The van der Waals surface area contributed by atoms with Crippen molar-refractivity contribution in [1.82, 2.24) is 9.97 Å². The topological polar surface area (TPSA) is 55.0 Å². The highest BCUT2D eigenvalue weighted by molar-refractivity contribution is 5.12. The van der Waals surface area contributed by atoms with Gasteiger partial charge in [0.2, 0.25) is 5.75 Å². The average molecular weight is 196 g/mol. The van der Waals surface area contributed by atoms with Gasteiger partial charge in [0.15, 0.2) is 0 Å². The van der Waals surface area contributed by atoms with Crippen molar-refractivity contribution in [3.05, 3.63) is 22.4 Å². The highest BCUT2D eigenvalue weighted by Gasteiger charge is 2.13. The van der Waals surface area contributed by atoms with Crippen LogP contribution in [0, 0.1) is 5.41 Å². The van der Waals surface area contributed by atoms with Crippen LogP contribution in [0.5, 0.6) is 5.75 Å². The van der Waals surface area contributed by atoms with Crippen molar-refractivity contribution >= 4 is 0 Å². The minimum atomic E-state index is -0.221. The van der Waals surface area contributed by atoms with Crippen molar-refractivity contribution in [3.63, 3.8) is 0 Å². The van der Waals surface area contributed by atoms with Gasteiger partial charge in [-0.1, -0.05) is 20.8 Å². The Morgan fingerprint density at radius 1 is 1.50 bits per heavy atom. The fourth-order valence-electron chi connectivity index (χ4n) is 1.16. The van der Waals surface area contributed by atoms with Crippen LogP contribution in [0.3, 0.4) is 0 Å². The molecule has 1 rings (SSSR count). The van der Waals surface area contributed by atoms with Crippen molar-refractivity contribution in [2.75, 3.05) is 7.11 Å². The molecule has 0 bridgehead atoms. The van der Waals surface area contributed by atoms with Gasteiger partial charge in [-0.3, -0.25) is 4.79 Å². The van der Waals surface area contributed by atoms with E-state index < -0.39 is 0 Å². The minimum Gasteiger partial charge on any atom is -0.490 e. The smallest absolute Gasteiger partial charge is 0.293 e. The van der Waals surface area contributed by atoms with Gasteiger partial charge in [0.1, 0.15) is 5.82 Å². The number of methoxy groups -OCH3 is 1. The number of aromatic nitrogens is 2. The molecule has 0 fully saturated rings. The van der Waals surface area contributed by atoms with E-state index in [4.69, 9.17) is 4.74 Å². The molecule has 0 unspecified atom stereocenters. The molecule has 0 aliphatic carbocycles. The molecule has 0 saturated heterocycles. The van der Waals surface area contributed by atoms with E-state index in [9.17, 15) is 4.79 Å². The Kier molecular flexibility index (Phi) is 2.93. The van der Waals surface area contributed by atoms with Gasteiger partial charge in [-0.05, 0) is 5.41 Å². The summed E-state index contributed by atoms with van der Waals surface area (Å²) < 4.78 is 4.82. The summed E-state index contributed by atoms with van der Waals surface area (Å²) >= 11 is 0. The van der Waals surface area contributed by atoms with Crippen LogP contribution in [0.25, 0.3) is 0 Å². The fraction of sp³-hybridized carbons (Fsp3) is 0.600. The third-order valence-corrected chi connectivity index (χ3v) is 1.74. The van der Waals surface area contributed by atoms with E-state index in [-0.39, 0.29) is 16.7 Å².